The fourth-order valence-electron chi connectivity index (χ4n) is 2.41. The lowest BCUT2D eigenvalue weighted by Gasteiger charge is -2.10. The molecule has 0 unspecified atom stereocenters. The standard InChI is InChI=1S/C17H12FNO4S/c18-24(22,23)15-8-4-3-7-14(15)19-17(21)13-10-9-11-5-1-2-6-12(11)16(13)20/h1-10,20H,(H,19,21). The lowest BCUT2D eigenvalue weighted by Crippen LogP contribution is -2.14. The summed E-state index contributed by atoms with van der Waals surface area (Å²) in [6.45, 7) is 0. The molecule has 24 heavy (non-hydrogen) atoms. The first-order chi connectivity index (χ1) is 11.4. The predicted octanol–water partition coefficient (Wildman–Crippen LogP) is 3.46. The van der Waals surface area contributed by atoms with Crippen molar-refractivity contribution in [3.05, 3.63) is 66.2 Å². The minimum Gasteiger partial charge on any atom is -0.506 e. The monoisotopic (exact) mass is 345 g/mol. The largest absolute Gasteiger partial charge is 0.506 e. The summed E-state index contributed by atoms with van der Waals surface area (Å²) in [5.41, 5.74) is -0.239. The molecule has 0 aliphatic rings. The summed E-state index contributed by atoms with van der Waals surface area (Å²) in [4.78, 5) is 11.7. The molecule has 0 heterocycles. The van der Waals surface area contributed by atoms with Gasteiger partial charge in [-0.1, -0.05) is 42.5 Å². The van der Waals surface area contributed by atoms with E-state index in [2.05, 4.69) is 5.32 Å². The number of hydrogen-bond acceptors (Lipinski definition) is 4. The molecule has 2 N–H and O–H groups in total. The molecule has 0 saturated heterocycles. The van der Waals surface area contributed by atoms with E-state index in [0.29, 0.717) is 5.39 Å². The van der Waals surface area contributed by atoms with Crippen LogP contribution in [0.4, 0.5) is 9.57 Å². The van der Waals surface area contributed by atoms with E-state index < -0.39 is 21.0 Å². The molecule has 0 fully saturated rings. The van der Waals surface area contributed by atoms with Gasteiger partial charge in [-0.3, -0.25) is 4.79 Å². The second kappa shape index (κ2) is 5.93. The number of benzene rings is 3. The normalized spacial score (nSPS) is 11.4. The van der Waals surface area contributed by atoms with Crippen molar-refractivity contribution in [1.29, 1.82) is 0 Å². The Kier molecular flexibility index (Phi) is 3.94. The minimum absolute atomic E-state index is 0.0419. The first-order valence-corrected chi connectivity index (χ1v) is 8.32. The molecular weight excluding hydrogens is 333 g/mol. The molecule has 0 aromatic heterocycles. The molecule has 0 bridgehead atoms. The highest BCUT2D eigenvalue weighted by atomic mass is 32.3. The Balaban J connectivity index is 2.02. The minimum atomic E-state index is -4.98. The second-order valence-electron chi connectivity index (χ2n) is 5.07. The Bertz CT molecular complexity index is 1050. The van der Waals surface area contributed by atoms with Crippen LogP contribution in [0.2, 0.25) is 0 Å². The van der Waals surface area contributed by atoms with Crippen molar-refractivity contribution in [2.24, 2.45) is 0 Å². The van der Waals surface area contributed by atoms with Gasteiger partial charge in [-0.15, -0.1) is 3.89 Å². The van der Waals surface area contributed by atoms with Crippen molar-refractivity contribution < 1.29 is 22.2 Å². The van der Waals surface area contributed by atoms with Crippen molar-refractivity contribution in [1.82, 2.24) is 0 Å². The molecule has 5 nitrogen and oxygen atoms in total. The Morgan fingerprint density at radius 2 is 1.62 bits per heavy atom. The molecule has 1 amide bonds. The highest BCUT2D eigenvalue weighted by Crippen LogP contribution is 2.30. The maximum Gasteiger partial charge on any atom is 0.334 e. The molecule has 0 radical (unpaired) electrons. The van der Waals surface area contributed by atoms with Crippen molar-refractivity contribution in [2.45, 2.75) is 4.90 Å². The van der Waals surface area contributed by atoms with Gasteiger partial charge in [0.2, 0.25) is 0 Å². The zero-order valence-electron chi connectivity index (χ0n) is 12.2. The van der Waals surface area contributed by atoms with Crippen LogP contribution in [0.25, 0.3) is 10.8 Å². The SMILES string of the molecule is O=C(Nc1ccccc1S(=O)(=O)F)c1ccc2ccccc2c1O. The van der Waals surface area contributed by atoms with Crippen molar-refractivity contribution in [2.75, 3.05) is 5.32 Å². The molecule has 7 heteroatoms. The van der Waals surface area contributed by atoms with Gasteiger partial charge in [0.1, 0.15) is 10.6 Å². The average molecular weight is 345 g/mol. The van der Waals surface area contributed by atoms with Gasteiger partial charge in [0, 0.05) is 5.39 Å². The summed E-state index contributed by atoms with van der Waals surface area (Å²) in [6.07, 6.45) is 0. The average Bonchev–Trinajstić information content (AvgIpc) is 2.55. The van der Waals surface area contributed by atoms with Gasteiger partial charge in [-0.05, 0) is 23.6 Å². The van der Waals surface area contributed by atoms with E-state index in [1.54, 1.807) is 30.3 Å². The number of nitrogens with one attached hydrogen (secondary N) is 1. The number of phenolic OH excluding ortho intramolecular Hbond substituents is 1. The van der Waals surface area contributed by atoms with Gasteiger partial charge in [0.05, 0.1) is 11.3 Å². The topological polar surface area (TPSA) is 83.5 Å². The first-order valence-electron chi connectivity index (χ1n) is 6.93. The molecule has 3 rings (SSSR count). The van der Waals surface area contributed by atoms with Gasteiger partial charge >= 0.3 is 10.2 Å². The molecular formula is C17H12FNO4S. The zero-order valence-corrected chi connectivity index (χ0v) is 13.0. The maximum absolute atomic E-state index is 13.3. The number of hydrogen-bond donors (Lipinski definition) is 2. The Hall–Kier alpha value is -2.93. The Labute approximate surface area is 137 Å². The molecule has 0 aliphatic heterocycles. The molecule has 0 saturated carbocycles. The highest BCUT2D eigenvalue weighted by Gasteiger charge is 2.20. The number of halogens is 1. The van der Waals surface area contributed by atoms with Crippen LogP contribution < -0.4 is 5.32 Å². The van der Waals surface area contributed by atoms with Gasteiger partial charge in [-0.25, -0.2) is 0 Å². The molecule has 3 aromatic carbocycles. The fraction of sp³-hybridized carbons (Fsp3) is 0. The van der Waals surface area contributed by atoms with Crippen LogP contribution in [0, 0.1) is 0 Å². The number of rotatable bonds is 3. The van der Waals surface area contributed by atoms with Gasteiger partial charge < -0.3 is 10.4 Å². The van der Waals surface area contributed by atoms with E-state index in [1.807, 2.05) is 0 Å². The Morgan fingerprint density at radius 1 is 0.958 bits per heavy atom. The lowest BCUT2D eigenvalue weighted by molar-refractivity contribution is 0.102. The third kappa shape index (κ3) is 2.93. The van der Waals surface area contributed by atoms with Crippen molar-refractivity contribution in [3.63, 3.8) is 0 Å². The number of anilines is 1. The van der Waals surface area contributed by atoms with Crippen LogP contribution in [0.15, 0.2) is 65.6 Å². The molecule has 0 aliphatic carbocycles. The fourth-order valence-corrected chi connectivity index (χ4v) is 3.03. The van der Waals surface area contributed by atoms with E-state index >= 15 is 0 Å². The summed E-state index contributed by atoms with van der Waals surface area (Å²) in [6, 6.07) is 15.1. The van der Waals surface area contributed by atoms with Gasteiger partial charge in [0.15, 0.2) is 0 Å². The van der Waals surface area contributed by atoms with E-state index in [9.17, 15) is 22.2 Å². The van der Waals surface area contributed by atoms with E-state index in [1.165, 1.54) is 24.3 Å². The summed E-state index contributed by atoms with van der Waals surface area (Å²) >= 11 is 0. The molecule has 0 spiro atoms. The maximum atomic E-state index is 13.3. The van der Waals surface area contributed by atoms with Crippen LogP contribution in [-0.2, 0) is 10.2 Å². The van der Waals surface area contributed by atoms with Crippen LogP contribution in [0.1, 0.15) is 10.4 Å². The van der Waals surface area contributed by atoms with E-state index in [4.69, 9.17) is 0 Å². The number of carbonyl (C=O) groups is 1. The van der Waals surface area contributed by atoms with E-state index in [0.717, 1.165) is 11.5 Å². The second-order valence-corrected chi connectivity index (χ2v) is 6.39. The third-order valence-electron chi connectivity index (χ3n) is 3.54. The summed E-state index contributed by atoms with van der Waals surface area (Å²) in [5.74, 6) is -0.972. The Morgan fingerprint density at radius 3 is 2.38 bits per heavy atom. The highest BCUT2D eigenvalue weighted by molar-refractivity contribution is 7.86. The van der Waals surface area contributed by atoms with Crippen molar-refractivity contribution >= 4 is 32.6 Å². The molecule has 3 aromatic rings. The number of phenols is 1. The van der Waals surface area contributed by atoms with Crippen LogP contribution in [0.3, 0.4) is 0 Å². The van der Waals surface area contributed by atoms with Crippen LogP contribution >= 0.6 is 0 Å². The summed E-state index contributed by atoms with van der Waals surface area (Å²) in [7, 11) is -4.98. The first kappa shape index (κ1) is 15.9. The molecule has 0 atom stereocenters. The van der Waals surface area contributed by atoms with Gasteiger partial charge in [-0.2, -0.15) is 8.42 Å². The quantitative estimate of drug-likeness (QED) is 0.712. The third-order valence-corrected chi connectivity index (χ3v) is 4.42. The smallest absolute Gasteiger partial charge is 0.334 e. The van der Waals surface area contributed by atoms with Crippen molar-refractivity contribution in [3.8, 4) is 5.75 Å². The zero-order chi connectivity index (χ0) is 17.3. The lowest BCUT2D eigenvalue weighted by atomic mass is 10.0. The predicted molar refractivity (Wildman–Crippen MR) is 88.3 cm³/mol. The number of fused-ring (bicyclic) bond motifs is 1. The van der Waals surface area contributed by atoms with E-state index in [-0.39, 0.29) is 17.0 Å². The summed E-state index contributed by atoms with van der Waals surface area (Å²) < 4.78 is 35.6. The number of para-hydroxylation sites is 1. The number of carbonyl (C=O) groups excluding carboxylic acids is 1. The summed E-state index contributed by atoms with van der Waals surface area (Å²) in [5, 5.41) is 13.8. The number of amides is 1. The van der Waals surface area contributed by atoms with Crippen LogP contribution in [-0.4, -0.2) is 19.4 Å². The molecule has 122 valence electrons. The van der Waals surface area contributed by atoms with Gasteiger partial charge in [0.25, 0.3) is 5.91 Å². The van der Waals surface area contributed by atoms with Crippen LogP contribution in [0.5, 0.6) is 5.75 Å². The number of aromatic hydroxyl groups is 1.